The van der Waals surface area contributed by atoms with E-state index in [-0.39, 0.29) is 17.4 Å². The highest BCUT2D eigenvalue weighted by Gasteiger charge is 2.07. The van der Waals surface area contributed by atoms with E-state index >= 15 is 0 Å². The first-order valence-electron chi connectivity index (χ1n) is 7.22. The van der Waals surface area contributed by atoms with Gasteiger partial charge in [-0.2, -0.15) is 8.42 Å². The molecule has 0 aliphatic rings. The highest BCUT2D eigenvalue weighted by molar-refractivity contribution is 7.85. The first kappa shape index (κ1) is 21.6. The summed E-state index contributed by atoms with van der Waals surface area (Å²) < 4.78 is 25.9. The molecule has 2 aromatic rings. The van der Waals surface area contributed by atoms with Gasteiger partial charge in [0, 0.05) is 11.3 Å². The van der Waals surface area contributed by atoms with Gasteiger partial charge in [-0.15, -0.1) is 0 Å². The number of aliphatic imine (C=N–C) groups is 1. The quantitative estimate of drug-likeness (QED) is 0.289. The lowest BCUT2D eigenvalue weighted by atomic mass is 10.1. The van der Waals surface area contributed by atoms with Gasteiger partial charge in [-0.25, -0.2) is 9.79 Å². The van der Waals surface area contributed by atoms with Crippen LogP contribution in [0, 0.1) is 0 Å². The number of hydrogen-bond donors (Lipinski definition) is 5. The zero-order chi connectivity index (χ0) is 20.6. The van der Waals surface area contributed by atoms with Crippen LogP contribution in [-0.4, -0.2) is 42.2 Å². The van der Waals surface area contributed by atoms with Crippen molar-refractivity contribution < 1.29 is 27.7 Å². The average molecular weight is 394 g/mol. The van der Waals surface area contributed by atoms with E-state index in [1.54, 1.807) is 24.3 Å². The summed E-state index contributed by atoms with van der Waals surface area (Å²) in [6.07, 6.45) is 0.715. The molecule has 0 fully saturated rings. The minimum atomic E-state index is -3.67. The number of nitrogens with one attached hydrogen (secondary N) is 1. The molecule has 0 saturated carbocycles. The predicted molar refractivity (Wildman–Crippen MR) is 101 cm³/mol. The standard InChI is InChI=1S/C15H14N4O3.CH4O3S/c16-15(17)19-12-5-1-9(2-6-12)13(20)18-11-7-3-10(4-8-11)14(21)22;1-5(2,3)4/h1-8H,(H,18,20)(H,21,22)(H4,16,17,19);1H3,(H,2,3,4). The van der Waals surface area contributed by atoms with Crippen molar-refractivity contribution in [2.45, 2.75) is 0 Å². The van der Waals surface area contributed by atoms with Crippen LogP contribution < -0.4 is 16.8 Å². The maximum Gasteiger partial charge on any atom is 0.335 e. The van der Waals surface area contributed by atoms with Gasteiger partial charge in [-0.05, 0) is 48.5 Å². The van der Waals surface area contributed by atoms with Gasteiger partial charge in [-0.1, -0.05) is 0 Å². The number of nitrogens with zero attached hydrogens (tertiary/aromatic N) is 1. The van der Waals surface area contributed by atoms with Gasteiger partial charge in [0.05, 0.1) is 17.5 Å². The number of carboxylic acids is 1. The van der Waals surface area contributed by atoms with Crippen molar-refractivity contribution in [1.82, 2.24) is 0 Å². The van der Waals surface area contributed by atoms with E-state index in [4.69, 9.17) is 21.1 Å². The molecule has 1 amide bonds. The number of carbonyl (C=O) groups is 2. The summed E-state index contributed by atoms with van der Waals surface area (Å²) in [5, 5.41) is 11.5. The minimum Gasteiger partial charge on any atom is -0.478 e. The Kier molecular flexibility index (Phi) is 7.45. The molecule has 27 heavy (non-hydrogen) atoms. The second-order valence-electron chi connectivity index (χ2n) is 5.15. The van der Waals surface area contributed by atoms with Gasteiger partial charge in [0.15, 0.2) is 5.96 Å². The third-order valence-electron chi connectivity index (χ3n) is 2.78. The number of guanidine groups is 1. The summed E-state index contributed by atoms with van der Waals surface area (Å²) in [6, 6.07) is 12.3. The summed E-state index contributed by atoms with van der Waals surface area (Å²) in [7, 11) is -3.67. The molecule has 0 unspecified atom stereocenters. The van der Waals surface area contributed by atoms with E-state index in [2.05, 4.69) is 10.3 Å². The summed E-state index contributed by atoms with van der Waals surface area (Å²) in [4.78, 5) is 26.7. The van der Waals surface area contributed by atoms with Crippen molar-refractivity contribution in [3.63, 3.8) is 0 Å². The molecule has 0 spiro atoms. The molecule has 0 bridgehead atoms. The van der Waals surface area contributed by atoms with Crippen molar-refractivity contribution in [2.24, 2.45) is 16.5 Å². The van der Waals surface area contributed by atoms with Crippen LogP contribution in [0.1, 0.15) is 20.7 Å². The summed E-state index contributed by atoms with van der Waals surface area (Å²) in [5.74, 6) is -1.40. The molecule has 0 aromatic heterocycles. The van der Waals surface area contributed by atoms with Crippen LogP contribution in [0.15, 0.2) is 53.5 Å². The summed E-state index contributed by atoms with van der Waals surface area (Å²) >= 11 is 0. The van der Waals surface area contributed by atoms with Gasteiger partial charge in [0.2, 0.25) is 0 Å². The fraction of sp³-hybridized carbons (Fsp3) is 0.0625. The Balaban J connectivity index is 0.000000646. The maximum absolute atomic E-state index is 12.1. The number of anilines is 1. The van der Waals surface area contributed by atoms with Gasteiger partial charge in [0.1, 0.15) is 0 Å². The Labute approximate surface area is 155 Å². The van der Waals surface area contributed by atoms with Crippen molar-refractivity contribution in [2.75, 3.05) is 11.6 Å². The van der Waals surface area contributed by atoms with Crippen LogP contribution >= 0.6 is 0 Å². The Hall–Kier alpha value is -3.44. The molecule has 0 atom stereocenters. The Morgan fingerprint density at radius 2 is 1.41 bits per heavy atom. The van der Waals surface area contributed by atoms with Crippen molar-refractivity contribution in [3.8, 4) is 0 Å². The van der Waals surface area contributed by atoms with E-state index in [1.807, 2.05) is 0 Å². The lowest BCUT2D eigenvalue weighted by Crippen LogP contribution is -2.21. The molecule has 0 radical (unpaired) electrons. The van der Waals surface area contributed by atoms with Gasteiger partial charge < -0.3 is 21.9 Å². The SMILES string of the molecule is CS(=O)(=O)O.NC(N)=Nc1ccc(C(=O)Nc2ccc(C(=O)O)cc2)cc1. The Morgan fingerprint density at radius 3 is 1.81 bits per heavy atom. The molecule has 0 heterocycles. The van der Waals surface area contributed by atoms with Crippen LogP contribution in [0.2, 0.25) is 0 Å². The number of benzene rings is 2. The number of nitrogens with two attached hydrogens (primary N) is 2. The molecule has 0 aliphatic carbocycles. The average Bonchev–Trinajstić information content (AvgIpc) is 2.54. The molecule has 10 nitrogen and oxygen atoms in total. The zero-order valence-electron chi connectivity index (χ0n) is 14.2. The van der Waals surface area contributed by atoms with Crippen molar-refractivity contribution in [1.29, 1.82) is 0 Å². The highest BCUT2D eigenvalue weighted by atomic mass is 32.2. The number of amides is 1. The number of hydrogen-bond acceptors (Lipinski definition) is 5. The normalized spacial score (nSPS) is 10.1. The van der Waals surface area contributed by atoms with Crippen LogP contribution in [0.3, 0.4) is 0 Å². The van der Waals surface area contributed by atoms with Gasteiger partial charge in [0.25, 0.3) is 16.0 Å². The fourth-order valence-electron chi connectivity index (χ4n) is 1.74. The number of carbonyl (C=O) groups excluding carboxylic acids is 1. The number of rotatable bonds is 4. The summed E-state index contributed by atoms with van der Waals surface area (Å²) in [6.45, 7) is 0. The Bertz CT molecular complexity index is 926. The minimum absolute atomic E-state index is 0.0595. The molecular weight excluding hydrogens is 376 g/mol. The lowest BCUT2D eigenvalue weighted by Gasteiger charge is -2.06. The second kappa shape index (κ2) is 9.31. The van der Waals surface area contributed by atoms with Crippen LogP contribution in [0.4, 0.5) is 11.4 Å². The topological polar surface area (TPSA) is 185 Å². The molecular formula is C16H18N4O6S. The molecule has 0 aliphatic heterocycles. The fourth-order valence-corrected chi connectivity index (χ4v) is 1.74. The van der Waals surface area contributed by atoms with E-state index in [0.29, 0.717) is 23.2 Å². The van der Waals surface area contributed by atoms with E-state index in [0.717, 1.165) is 0 Å². The van der Waals surface area contributed by atoms with E-state index < -0.39 is 16.1 Å². The smallest absolute Gasteiger partial charge is 0.335 e. The van der Waals surface area contributed by atoms with Crippen LogP contribution in [-0.2, 0) is 10.1 Å². The first-order chi connectivity index (χ1) is 12.5. The molecule has 0 saturated heterocycles. The van der Waals surface area contributed by atoms with E-state index in [1.165, 1.54) is 24.3 Å². The molecule has 144 valence electrons. The van der Waals surface area contributed by atoms with Gasteiger partial charge in [-0.3, -0.25) is 9.35 Å². The van der Waals surface area contributed by atoms with Crippen LogP contribution in [0.5, 0.6) is 0 Å². The monoisotopic (exact) mass is 394 g/mol. The second-order valence-corrected chi connectivity index (χ2v) is 6.62. The molecule has 2 rings (SSSR count). The summed E-state index contributed by atoms with van der Waals surface area (Å²) in [5.41, 5.74) is 12.2. The lowest BCUT2D eigenvalue weighted by molar-refractivity contribution is 0.0696. The van der Waals surface area contributed by atoms with E-state index in [9.17, 15) is 18.0 Å². The van der Waals surface area contributed by atoms with Crippen molar-refractivity contribution >= 4 is 39.3 Å². The maximum atomic E-state index is 12.1. The zero-order valence-corrected chi connectivity index (χ0v) is 15.0. The Morgan fingerprint density at radius 1 is 0.963 bits per heavy atom. The molecule has 7 N–H and O–H groups in total. The predicted octanol–water partition coefficient (Wildman–Crippen LogP) is 1.05. The number of aromatic carboxylic acids is 1. The number of carboxylic acid groups (broad SMARTS) is 1. The third-order valence-corrected chi connectivity index (χ3v) is 2.78. The highest BCUT2D eigenvalue weighted by Crippen LogP contribution is 2.15. The molecule has 2 aromatic carbocycles. The first-order valence-corrected chi connectivity index (χ1v) is 9.07. The third kappa shape index (κ3) is 9.00. The molecule has 11 heteroatoms. The van der Waals surface area contributed by atoms with Crippen LogP contribution in [0.25, 0.3) is 0 Å². The largest absolute Gasteiger partial charge is 0.478 e. The van der Waals surface area contributed by atoms with Gasteiger partial charge >= 0.3 is 5.97 Å². The van der Waals surface area contributed by atoms with Crippen molar-refractivity contribution in [3.05, 3.63) is 59.7 Å².